The fourth-order valence-electron chi connectivity index (χ4n) is 2.40. The van der Waals surface area contributed by atoms with Gasteiger partial charge in [0, 0.05) is 32.7 Å². The van der Waals surface area contributed by atoms with Gasteiger partial charge < -0.3 is 9.73 Å². The lowest BCUT2D eigenvalue weighted by molar-refractivity contribution is -0.384. The number of halogens is 2. The minimum absolute atomic E-state index is 0.123. The number of carbonyl (C=O) groups excluding carboxylic acids is 1. The van der Waals surface area contributed by atoms with Crippen LogP contribution >= 0.6 is 31.9 Å². The van der Waals surface area contributed by atoms with E-state index in [0.29, 0.717) is 21.7 Å². The Bertz CT molecular complexity index is 1160. The van der Waals surface area contributed by atoms with Crippen LogP contribution < -0.4 is 5.32 Å². The summed E-state index contributed by atoms with van der Waals surface area (Å²) in [6.45, 7) is 0. The van der Waals surface area contributed by atoms with E-state index in [1.54, 1.807) is 12.1 Å². The first kappa shape index (κ1) is 20.5. The van der Waals surface area contributed by atoms with Crippen molar-refractivity contribution in [2.45, 2.75) is 0 Å². The van der Waals surface area contributed by atoms with Crippen LogP contribution in [-0.2, 0) is 4.79 Å². The summed E-state index contributed by atoms with van der Waals surface area (Å²) in [6, 6.07) is 16.7. The van der Waals surface area contributed by atoms with Gasteiger partial charge in [0.1, 0.15) is 23.2 Å². The first-order chi connectivity index (χ1) is 13.9. The number of nitrogens with one attached hydrogen (secondary N) is 1. The van der Waals surface area contributed by atoms with E-state index in [-0.39, 0.29) is 11.3 Å². The van der Waals surface area contributed by atoms with Gasteiger partial charge in [-0.2, -0.15) is 5.26 Å². The number of furan rings is 1. The lowest BCUT2D eigenvalue weighted by Crippen LogP contribution is -2.13. The van der Waals surface area contributed by atoms with Crippen molar-refractivity contribution in [3.05, 3.63) is 85.0 Å². The van der Waals surface area contributed by atoms with Crippen LogP contribution in [0.4, 0.5) is 11.4 Å². The SMILES string of the molecule is N#C/C(=C\c1ccc(-c2ccc(Br)cc2)o1)C(=O)Nc1ccc([N+](=O)[O-])cc1Br. The van der Waals surface area contributed by atoms with E-state index in [4.69, 9.17) is 4.42 Å². The molecule has 9 heteroatoms. The van der Waals surface area contributed by atoms with Crippen LogP contribution in [0.15, 0.2) is 73.5 Å². The Morgan fingerprint density at radius 1 is 1.14 bits per heavy atom. The van der Waals surface area contributed by atoms with Crippen LogP contribution in [0.25, 0.3) is 17.4 Å². The van der Waals surface area contributed by atoms with Crippen LogP contribution in [0.5, 0.6) is 0 Å². The van der Waals surface area contributed by atoms with Gasteiger partial charge in [-0.15, -0.1) is 0 Å². The molecule has 0 atom stereocenters. The maximum absolute atomic E-state index is 12.4. The molecular weight excluding hydrogens is 506 g/mol. The number of nitrogens with zero attached hydrogens (tertiary/aromatic N) is 2. The third-order valence-electron chi connectivity index (χ3n) is 3.82. The number of nitriles is 1. The quantitative estimate of drug-likeness (QED) is 0.196. The molecule has 0 aliphatic carbocycles. The number of anilines is 1. The molecule has 3 rings (SSSR count). The summed E-state index contributed by atoms with van der Waals surface area (Å²) in [5.74, 6) is 0.278. The molecule has 144 valence electrons. The van der Waals surface area contributed by atoms with E-state index < -0.39 is 10.8 Å². The number of nitro groups is 1. The van der Waals surface area contributed by atoms with Gasteiger partial charge in [0.25, 0.3) is 11.6 Å². The van der Waals surface area contributed by atoms with E-state index in [1.807, 2.05) is 30.3 Å². The molecule has 2 aromatic carbocycles. The van der Waals surface area contributed by atoms with E-state index in [1.165, 1.54) is 24.3 Å². The summed E-state index contributed by atoms with van der Waals surface area (Å²) in [4.78, 5) is 22.7. The van der Waals surface area contributed by atoms with Crippen molar-refractivity contribution in [2.75, 3.05) is 5.32 Å². The maximum atomic E-state index is 12.4. The normalized spacial score (nSPS) is 11.0. The molecule has 0 saturated heterocycles. The predicted molar refractivity (Wildman–Crippen MR) is 115 cm³/mol. The van der Waals surface area contributed by atoms with E-state index in [0.717, 1.165) is 10.0 Å². The van der Waals surface area contributed by atoms with Crippen LogP contribution in [0, 0.1) is 21.4 Å². The van der Waals surface area contributed by atoms with Gasteiger partial charge in [-0.25, -0.2) is 0 Å². The van der Waals surface area contributed by atoms with Crippen molar-refractivity contribution >= 4 is 55.2 Å². The Morgan fingerprint density at radius 2 is 1.86 bits per heavy atom. The maximum Gasteiger partial charge on any atom is 0.270 e. The molecule has 3 aromatic rings. The molecule has 1 N–H and O–H groups in total. The first-order valence-corrected chi connectivity index (χ1v) is 9.69. The second kappa shape index (κ2) is 8.86. The van der Waals surface area contributed by atoms with Gasteiger partial charge in [0.2, 0.25) is 0 Å². The standard InChI is InChI=1S/C20H11Br2N3O4/c21-14-3-1-12(2-4-14)19-8-6-16(29-19)9-13(11-23)20(26)24-18-7-5-15(25(27)28)10-17(18)22/h1-10H,(H,24,26)/b13-9+. The summed E-state index contributed by atoms with van der Waals surface area (Å²) < 4.78 is 6.97. The molecule has 0 saturated carbocycles. The number of non-ortho nitro benzene ring substituents is 1. The Kier molecular flexibility index (Phi) is 6.26. The molecular formula is C20H11Br2N3O4. The molecule has 0 aliphatic rings. The summed E-state index contributed by atoms with van der Waals surface area (Å²) >= 11 is 6.54. The molecule has 0 fully saturated rings. The van der Waals surface area contributed by atoms with E-state index >= 15 is 0 Å². The zero-order chi connectivity index (χ0) is 21.0. The minimum atomic E-state index is -0.663. The number of rotatable bonds is 5. The summed E-state index contributed by atoms with van der Waals surface area (Å²) in [5, 5.41) is 22.7. The second-order valence-electron chi connectivity index (χ2n) is 5.75. The largest absolute Gasteiger partial charge is 0.457 e. The monoisotopic (exact) mass is 515 g/mol. The van der Waals surface area contributed by atoms with Gasteiger partial charge in [-0.05, 0) is 46.3 Å². The van der Waals surface area contributed by atoms with E-state index in [9.17, 15) is 20.2 Å². The molecule has 0 unspecified atom stereocenters. The molecule has 1 amide bonds. The predicted octanol–water partition coefficient (Wildman–Crippen LogP) is 5.93. The fraction of sp³-hybridized carbons (Fsp3) is 0. The van der Waals surface area contributed by atoms with Crippen LogP contribution in [-0.4, -0.2) is 10.8 Å². The fourth-order valence-corrected chi connectivity index (χ4v) is 3.13. The Hall–Kier alpha value is -3.22. The van der Waals surface area contributed by atoms with Crippen molar-refractivity contribution in [2.24, 2.45) is 0 Å². The highest BCUT2D eigenvalue weighted by molar-refractivity contribution is 9.10. The average molecular weight is 517 g/mol. The van der Waals surface area contributed by atoms with Crippen molar-refractivity contribution in [1.29, 1.82) is 5.26 Å². The number of nitro benzene ring substituents is 1. The molecule has 0 bridgehead atoms. The highest BCUT2D eigenvalue weighted by Gasteiger charge is 2.15. The van der Waals surface area contributed by atoms with Gasteiger partial charge >= 0.3 is 0 Å². The molecule has 1 heterocycles. The highest BCUT2D eigenvalue weighted by atomic mass is 79.9. The summed E-state index contributed by atoms with van der Waals surface area (Å²) in [7, 11) is 0. The Balaban J connectivity index is 1.80. The van der Waals surface area contributed by atoms with E-state index in [2.05, 4.69) is 37.2 Å². The molecule has 29 heavy (non-hydrogen) atoms. The lowest BCUT2D eigenvalue weighted by atomic mass is 10.2. The molecule has 1 aromatic heterocycles. The van der Waals surface area contributed by atoms with Crippen molar-refractivity contribution in [3.63, 3.8) is 0 Å². The number of hydrogen-bond acceptors (Lipinski definition) is 5. The van der Waals surface area contributed by atoms with Gasteiger partial charge in [0.15, 0.2) is 0 Å². The third kappa shape index (κ3) is 4.99. The van der Waals surface area contributed by atoms with Crippen LogP contribution in [0.3, 0.4) is 0 Å². The average Bonchev–Trinajstić information content (AvgIpc) is 3.16. The van der Waals surface area contributed by atoms with Crippen LogP contribution in [0.2, 0.25) is 0 Å². The number of benzene rings is 2. The zero-order valence-electron chi connectivity index (χ0n) is 14.6. The Labute approximate surface area is 182 Å². The van der Waals surface area contributed by atoms with Crippen molar-refractivity contribution in [1.82, 2.24) is 0 Å². The minimum Gasteiger partial charge on any atom is -0.457 e. The van der Waals surface area contributed by atoms with Gasteiger partial charge in [0.05, 0.1) is 10.6 Å². The number of hydrogen-bond donors (Lipinski definition) is 1. The molecule has 0 aliphatic heterocycles. The summed E-state index contributed by atoms with van der Waals surface area (Å²) in [6.07, 6.45) is 1.33. The smallest absolute Gasteiger partial charge is 0.270 e. The zero-order valence-corrected chi connectivity index (χ0v) is 17.7. The highest BCUT2D eigenvalue weighted by Crippen LogP contribution is 2.28. The van der Waals surface area contributed by atoms with Crippen molar-refractivity contribution < 1.29 is 14.1 Å². The molecule has 7 nitrogen and oxygen atoms in total. The topological polar surface area (TPSA) is 109 Å². The lowest BCUT2D eigenvalue weighted by Gasteiger charge is -2.06. The van der Waals surface area contributed by atoms with Gasteiger partial charge in [-0.1, -0.05) is 28.1 Å². The van der Waals surface area contributed by atoms with Crippen LogP contribution in [0.1, 0.15) is 5.76 Å². The third-order valence-corrected chi connectivity index (χ3v) is 5.00. The number of amides is 1. The Morgan fingerprint density at radius 3 is 2.48 bits per heavy atom. The summed E-state index contributed by atoms with van der Waals surface area (Å²) in [5.41, 5.74) is 0.858. The first-order valence-electron chi connectivity index (χ1n) is 8.10. The second-order valence-corrected chi connectivity index (χ2v) is 7.52. The van der Waals surface area contributed by atoms with Crippen molar-refractivity contribution in [3.8, 4) is 17.4 Å². The number of carbonyl (C=O) groups is 1. The molecule has 0 spiro atoms. The molecule has 0 radical (unpaired) electrons. The van der Waals surface area contributed by atoms with Gasteiger partial charge in [-0.3, -0.25) is 14.9 Å².